The number of hydrogen-bond acceptors (Lipinski definition) is 4. The lowest BCUT2D eigenvalue weighted by Gasteiger charge is -2.37. The van der Waals surface area contributed by atoms with E-state index in [0.29, 0.717) is 18.8 Å². The average Bonchev–Trinajstić information content (AvgIpc) is 3.33. The molecule has 1 aliphatic carbocycles. The van der Waals surface area contributed by atoms with Crippen LogP contribution in [0.15, 0.2) is 71.3 Å². The van der Waals surface area contributed by atoms with Crippen LogP contribution in [-0.4, -0.2) is 48.6 Å². The lowest BCUT2D eigenvalue weighted by molar-refractivity contribution is -0.905. The molecule has 1 atom stereocenters. The zero-order valence-electron chi connectivity index (χ0n) is 21.0. The van der Waals surface area contributed by atoms with Crippen molar-refractivity contribution in [2.75, 3.05) is 33.9 Å². The lowest BCUT2D eigenvalue weighted by Crippen LogP contribution is -3.00. The molecule has 2 aromatic carbocycles. The van der Waals surface area contributed by atoms with Crippen molar-refractivity contribution in [2.45, 2.75) is 50.7 Å². The van der Waals surface area contributed by atoms with Gasteiger partial charge in [0.05, 0.1) is 27.3 Å². The molecule has 190 valence electrons. The van der Waals surface area contributed by atoms with Gasteiger partial charge in [0, 0.05) is 6.07 Å². The van der Waals surface area contributed by atoms with Crippen molar-refractivity contribution in [3.63, 3.8) is 0 Å². The third kappa shape index (κ3) is 7.26. The second kappa shape index (κ2) is 12.8. The maximum Gasteiger partial charge on any atom is 0.191 e. The molecule has 6 heteroatoms. The van der Waals surface area contributed by atoms with Crippen molar-refractivity contribution in [1.82, 2.24) is 5.16 Å². The molecule has 4 rings (SSSR count). The first kappa shape index (κ1) is 27.6. The summed E-state index contributed by atoms with van der Waals surface area (Å²) in [7, 11) is 4.35. The number of quaternary nitrogens is 1. The Morgan fingerprint density at radius 1 is 0.971 bits per heavy atom. The number of likely N-dealkylation sites (N-methyl/N-ethyl adjacent to an activating group) is 1. The van der Waals surface area contributed by atoms with E-state index in [1.54, 1.807) is 0 Å². The van der Waals surface area contributed by atoms with Crippen molar-refractivity contribution >= 4 is 0 Å². The summed E-state index contributed by atoms with van der Waals surface area (Å²) < 4.78 is 12.4. The first-order chi connectivity index (χ1) is 16.5. The third-order valence-corrected chi connectivity index (χ3v) is 7.16. The highest BCUT2D eigenvalue weighted by molar-refractivity contribution is 5.33. The summed E-state index contributed by atoms with van der Waals surface area (Å²) in [6, 6.07) is 22.4. The van der Waals surface area contributed by atoms with E-state index in [2.05, 4.69) is 43.5 Å². The Bertz CT molecular complexity index is 1000. The maximum atomic E-state index is 12.0. The Hall–Kier alpha value is -1.99. The van der Waals surface area contributed by atoms with E-state index in [4.69, 9.17) is 9.26 Å². The van der Waals surface area contributed by atoms with Crippen LogP contribution in [0, 0.1) is 5.92 Å². The van der Waals surface area contributed by atoms with Gasteiger partial charge in [0.15, 0.2) is 5.76 Å². The van der Waals surface area contributed by atoms with E-state index in [1.807, 2.05) is 42.5 Å². The highest BCUT2D eigenvalue weighted by Gasteiger charge is 2.43. The monoisotopic (exact) mass is 542 g/mol. The zero-order chi connectivity index (χ0) is 23.9. The minimum Gasteiger partial charge on any atom is -1.00 e. The zero-order valence-corrected chi connectivity index (χ0v) is 22.6. The molecule has 0 amide bonds. The van der Waals surface area contributed by atoms with E-state index in [9.17, 15) is 5.11 Å². The summed E-state index contributed by atoms with van der Waals surface area (Å²) in [5.74, 6) is 0.955. The summed E-state index contributed by atoms with van der Waals surface area (Å²) in [5.41, 5.74) is 1.73. The first-order valence-corrected chi connectivity index (χ1v) is 12.6. The Kier molecular flexibility index (Phi) is 10.1. The fourth-order valence-electron chi connectivity index (χ4n) is 5.12. The van der Waals surface area contributed by atoms with E-state index >= 15 is 0 Å². The summed E-state index contributed by atoms with van der Waals surface area (Å²) in [6.07, 6.45) is 6.49. The molecule has 0 bridgehead atoms. The van der Waals surface area contributed by atoms with Crippen LogP contribution in [0.2, 0.25) is 0 Å². The predicted molar refractivity (Wildman–Crippen MR) is 134 cm³/mol. The number of ether oxygens (including phenoxy) is 1. The molecule has 1 heterocycles. The molecule has 1 unspecified atom stereocenters. The molecule has 1 fully saturated rings. The number of nitrogens with zero attached hydrogens (tertiary/aromatic N) is 2. The van der Waals surface area contributed by atoms with Crippen molar-refractivity contribution in [3.8, 4) is 0 Å². The quantitative estimate of drug-likeness (QED) is 0.298. The standard InChI is InChI=1S/C29H39N2O3.BrH/c1-31(2,19-21-33-20-18-24-12-6-3-7-13-24)23-27-22-28(30-34-27)29(32,25-14-8-4-9-15-25)26-16-10-5-11-17-26;/h3-4,6-9,12-15,22,26,32H,5,10-11,16-21,23H2,1-2H3;1H/q+1;/p-1. The highest BCUT2D eigenvalue weighted by atomic mass is 79.9. The number of aromatic nitrogens is 1. The second-order valence-corrected chi connectivity index (χ2v) is 10.3. The molecule has 0 spiro atoms. The molecular weight excluding hydrogens is 504 g/mol. The molecule has 3 aromatic rings. The Morgan fingerprint density at radius 3 is 2.31 bits per heavy atom. The number of benzene rings is 2. The number of halogens is 1. The summed E-state index contributed by atoms with van der Waals surface area (Å²) in [6.45, 7) is 2.99. The average molecular weight is 544 g/mol. The Morgan fingerprint density at radius 2 is 1.63 bits per heavy atom. The van der Waals surface area contributed by atoms with Crippen molar-refractivity contribution < 1.29 is 35.8 Å². The minimum atomic E-state index is -1.11. The third-order valence-electron chi connectivity index (χ3n) is 7.16. The number of rotatable bonds is 11. The van der Waals surface area contributed by atoms with Gasteiger partial charge in [-0.1, -0.05) is 85.1 Å². The Balaban J connectivity index is 0.00000342. The number of hydrogen-bond donors (Lipinski definition) is 1. The van der Waals surface area contributed by atoms with E-state index < -0.39 is 5.60 Å². The molecule has 1 aliphatic rings. The normalized spacial score (nSPS) is 16.4. The van der Waals surface area contributed by atoms with Crippen LogP contribution in [0.3, 0.4) is 0 Å². The van der Waals surface area contributed by atoms with Gasteiger partial charge in [0.2, 0.25) is 0 Å². The van der Waals surface area contributed by atoms with Gasteiger partial charge >= 0.3 is 0 Å². The SMILES string of the molecule is C[N+](C)(CCOCCc1ccccc1)Cc1cc(C(O)(c2ccccc2)C2CCCCC2)no1.[Br-]. The maximum absolute atomic E-state index is 12.0. The minimum absolute atomic E-state index is 0. The fraction of sp³-hybridized carbons (Fsp3) is 0.483. The van der Waals surface area contributed by atoms with Crippen LogP contribution in [0.25, 0.3) is 0 Å². The molecule has 0 aliphatic heterocycles. The topological polar surface area (TPSA) is 55.5 Å². The van der Waals surface area contributed by atoms with Gasteiger partial charge in [-0.05, 0) is 36.3 Å². The van der Waals surface area contributed by atoms with Gasteiger partial charge in [-0.25, -0.2) is 0 Å². The molecule has 1 N–H and O–H groups in total. The van der Waals surface area contributed by atoms with Crippen LogP contribution < -0.4 is 17.0 Å². The van der Waals surface area contributed by atoms with Crippen molar-refractivity contribution in [3.05, 3.63) is 89.3 Å². The molecule has 1 saturated carbocycles. The van der Waals surface area contributed by atoms with E-state index in [1.165, 1.54) is 12.0 Å². The fourth-order valence-corrected chi connectivity index (χ4v) is 5.12. The molecule has 1 aromatic heterocycles. The van der Waals surface area contributed by atoms with Gasteiger partial charge in [-0.15, -0.1) is 0 Å². The summed E-state index contributed by atoms with van der Waals surface area (Å²) in [5, 5.41) is 16.4. The smallest absolute Gasteiger partial charge is 0.191 e. The second-order valence-electron chi connectivity index (χ2n) is 10.3. The summed E-state index contributed by atoms with van der Waals surface area (Å²) >= 11 is 0. The predicted octanol–water partition coefficient (Wildman–Crippen LogP) is 2.33. The molecular formula is C29H39BrN2O3. The van der Waals surface area contributed by atoms with Gasteiger partial charge in [0.1, 0.15) is 24.4 Å². The van der Waals surface area contributed by atoms with Crippen LogP contribution in [0.5, 0.6) is 0 Å². The lowest BCUT2D eigenvalue weighted by atomic mass is 9.71. The van der Waals surface area contributed by atoms with Crippen LogP contribution in [-0.2, 0) is 23.3 Å². The molecule has 5 nitrogen and oxygen atoms in total. The molecule has 0 radical (unpaired) electrons. The van der Waals surface area contributed by atoms with Crippen molar-refractivity contribution in [2.24, 2.45) is 5.92 Å². The van der Waals surface area contributed by atoms with Crippen molar-refractivity contribution in [1.29, 1.82) is 0 Å². The number of aliphatic hydroxyl groups is 1. The highest BCUT2D eigenvalue weighted by Crippen LogP contribution is 2.43. The molecule has 0 saturated heterocycles. The largest absolute Gasteiger partial charge is 1.00 e. The summed E-state index contributed by atoms with van der Waals surface area (Å²) in [4.78, 5) is 0. The molecule has 35 heavy (non-hydrogen) atoms. The van der Waals surface area contributed by atoms with Crippen LogP contribution in [0.1, 0.15) is 54.7 Å². The van der Waals surface area contributed by atoms with Gasteiger partial charge in [-0.2, -0.15) is 0 Å². The first-order valence-electron chi connectivity index (χ1n) is 12.6. The van der Waals surface area contributed by atoms with Gasteiger partial charge in [-0.3, -0.25) is 0 Å². The van der Waals surface area contributed by atoms with E-state index in [-0.39, 0.29) is 22.9 Å². The van der Waals surface area contributed by atoms with Gasteiger partial charge in [0.25, 0.3) is 0 Å². The van der Waals surface area contributed by atoms with Crippen LogP contribution >= 0.6 is 0 Å². The van der Waals surface area contributed by atoms with E-state index in [0.717, 1.165) is 61.1 Å². The van der Waals surface area contributed by atoms with Crippen LogP contribution in [0.4, 0.5) is 0 Å². The van der Waals surface area contributed by atoms with Gasteiger partial charge < -0.3 is 35.8 Å². The Labute approximate surface area is 220 Å².